The van der Waals surface area contributed by atoms with Gasteiger partial charge in [-0.15, -0.1) is 0 Å². The van der Waals surface area contributed by atoms with Crippen LogP contribution >= 0.6 is 0 Å². The number of methoxy groups -OCH3 is 1. The topological polar surface area (TPSA) is 50.1 Å². The Labute approximate surface area is 140 Å². The van der Waals surface area contributed by atoms with Gasteiger partial charge in [0, 0.05) is 6.08 Å². The molecule has 0 radical (unpaired) electrons. The van der Waals surface area contributed by atoms with E-state index < -0.39 is 5.97 Å². The second-order valence-electron chi connectivity index (χ2n) is 5.29. The van der Waals surface area contributed by atoms with Crippen LogP contribution in [0, 0.1) is 11.3 Å². The molecule has 0 N–H and O–H groups in total. The Morgan fingerprint density at radius 2 is 1.71 bits per heavy atom. The van der Waals surface area contributed by atoms with E-state index in [9.17, 15) is 10.1 Å². The third-order valence-electron chi connectivity index (χ3n) is 3.88. The van der Waals surface area contributed by atoms with E-state index in [2.05, 4.69) is 6.07 Å². The van der Waals surface area contributed by atoms with Crippen molar-refractivity contribution in [1.29, 1.82) is 5.26 Å². The van der Waals surface area contributed by atoms with Crippen LogP contribution in [0.5, 0.6) is 0 Å². The van der Waals surface area contributed by atoms with Crippen molar-refractivity contribution in [1.82, 2.24) is 0 Å². The highest BCUT2D eigenvalue weighted by Gasteiger charge is 2.12. The van der Waals surface area contributed by atoms with Crippen LogP contribution in [0.15, 0.2) is 72.8 Å². The SMILES string of the molecule is COC(=O)c1cccc(C(=CC#N)c2cccc3ccccc23)c1. The molecule has 0 unspecified atom stereocenters. The maximum absolute atomic E-state index is 11.8. The number of nitrogens with zero attached hydrogens (tertiary/aromatic N) is 1. The molecule has 0 saturated heterocycles. The maximum atomic E-state index is 11.8. The lowest BCUT2D eigenvalue weighted by molar-refractivity contribution is 0.0600. The van der Waals surface area contributed by atoms with Gasteiger partial charge in [0.2, 0.25) is 0 Å². The molecule has 0 spiro atoms. The first-order valence-electron chi connectivity index (χ1n) is 7.51. The Bertz CT molecular complexity index is 975. The van der Waals surface area contributed by atoms with Crippen molar-refractivity contribution in [2.24, 2.45) is 0 Å². The quantitative estimate of drug-likeness (QED) is 0.525. The van der Waals surface area contributed by atoms with Gasteiger partial charge in [-0.3, -0.25) is 0 Å². The molecule has 116 valence electrons. The number of hydrogen-bond donors (Lipinski definition) is 0. The molecule has 0 bridgehead atoms. The molecule has 3 heteroatoms. The zero-order chi connectivity index (χ0) is 16.9. The first kappa shape index (κ1) is 15.5. The number of rotatable bonds is 3. The lowest BCUT2D eigenvalue weighted by Crippen LogP contribution is -2.01. The largest absolute Gasteiger partial charge is 0.465 e. The van der Waals surface area contributed by atoms with Crippen LogP contribution in [0.2, 0.25) is 0 Å². The third-order valence-corrected chi connectivity index (χ3v) is 3.88. The van der Waals surface area contributed by atoms with Crippen molar-refractivity contribution >= 4 is 22.3 Å². The summed E-state index contributed by atoms with van der Waals surface area (Å²) >= 11 is 0. The molecular formula is C21H15NO2. The smallest absolute Gasteiger partial charge is 0.337 e. The lowest BCUT2D eigenvalue weighted by atomic mass is 9.92. The van der Waals surface area contributed by atoms with Gasteiger partial charge in [-0.1, -0.05) is 54.6 Å². The number of carbonyl (C=O) groups excluding carboxylic acids is 1. The zero-order valence-corrected chi connectivity index (χ0v) is 13.2. The summed E-state index contributed by atoms with van der Waals surface area (Å²) in [5.41, 5.74) is 2.99. The summed E-state index contributed by atoms with van der Waals surface area (Å²) in [6, 6.07) is 23.2. The summed E-state index contributed by atoms with van der Waals surface area (Å²) in [4.78, 5) is 11.8. The van der Waals surface area contributed by atoms with Crippen LogP contribution in [0.4, 0.5) is 0 Å². The summed E-state index contributed by atoms with van der Waals surface area (Å²) in [6.45, 7) is 0. The summed E-state index contributed by atoms with van der Waals surface area (Å²) < 4.78 is 4.78. The number of benzene rings is 3. The molecule has 0 saturated carbocycles. The fraction of sp³-hybridized carbons (Fsp3) is 0.0476. The van der Waals surface area contributed by atoms with Gasteiger partial charge in [0.05, 0.1) is 18.7 Å². The van der Waals surface area contributed by atoms with Gasteiger partial charge < -0.3 is 4.74 Å². The molecule has 0 fully saturated rings. The van der Waals surface area contributed by atoms with E-state index in [1.807, 2.05) is 48.5 Å². The normalized spacial score (nSPS) is 11.1. The minimum absolute atomic E-state index is 0.397. The molecule has 0 atom stereocenters. The minimum Gasteiger partial charge on any atom is -0.465 e. The molecule has 0 aliphatic carbocycles. The van der Waals surface area contributed by atoms with Gasteiger partial charge in [-0.2, -0.15) is 5.26 Å². The highest BCUT2D eigenvalue weighted by atomic mass is 16.5. The molecule has 3 aromatic rings. The predicted molar refractivity (Wildman–Crippen MR) is 94.4 cm³/mol. The first-order chi connectivity index (χ1) is 11.7. The van der Waals surface area contributed by atoms with E-state index in [1.165, 1.54) is 13.2 Å². The molecule has 0 aromatic heterocycles. The van der Waals surface area contributed by atoms with Crippen LogP contribution in [-0.4, -0.2) is 13.1 Å². The number of ether oxygens (including phenoxy) is 1. The highest BCUT2D eigenvalue weighted by Crippen LogP contribution is 2.30. The number of esters is 1. The first-order valence-corrected chi connectivity index (χ1v) is 7.51. The molecule has 0 aliphatic rings. The lowest BCUT2D eigenvalue weighted by Gasteiger charge is -2.11. The monoisotopic (exact) mass is 313 g/mol. The summed E-state index contributed by atoms with van der Waals surface area (Å²) in [7, 11) is 1.35. The molecule has 0 amide bonds. The molecular weight excluding hydrogens is 298 g/mol. The fourth-order valence-corrected chi connectivity index (χ4v) is 2.77. The van der Waals surface area contributed by atoms with Crippen LogP contribution in [0.25, 0.3) is 16.3 Å². The van der Waals surface area contributed by atoms with Crippen molar-refractivity contribution in [3.05, 3.63) is 89.5 Å². The van der Waals surface area contributed by atoms with Gasteiger partial charge in [0.25, 0.3) is 0 Å². The Morgan fingerprint density at radius 1 is 1.00 bits per heavy atom. The average molecular weight is 313 g/mol. The Kier molecular flexibility index (Phi) is 4.40. The maximum Gasteiger partial charge on any atom is 0.337 e. The third kappa shape index (κ3) is 2.90. The molecule has 24 heavy (non-hydrogen) atoms. The van der Waals surface area contributed by atoms with Crippen molar-refractivity contribution in [3.8, 4) is 6.07 Å². The second kappa shape index (κ2) is 6.80. The zero-order valence-electron chi connectivity index (χ0n) is 13.2. The number of hydrogen-bond acceptors (Lipinski definition) is 3. The Morgan fingerprint density at radius 3 is 2.50 bits per heavy atom. The average Bonchev–Trinajstić information content (AvgIpc) is 2.65. The van der Waals surface area contributed by atoms with Crippen LogP contribution in [0.1, 0.15) is 21.5 Å². The second-order valence-corrected chi connectivity index (χ2v) is 5.29. The van der Waals surface area contributed by atoms with E-state index in [0.29, 0.717) is 5.56 Å². The molecule has 3 aromatic carbocycles. The van der Waals surface area contributed by atoms with Gasteiger partial charge in [0.1, 0.15) is 0 Å². The van der Waals surface area contributed by atoms with Gasteiger partial charge in [0.15, 0.2) is 0 Å². The van der Waals surface area contributed by atoms with E-state index >= 15 is 0 Å². The van der Waals surface area contributed by atoms with Gasteiger partial charge in [-0.25, -0.2) is 4.79 Å². The molecule has 3 rings (SSSR count). The Balaban J connectivity index is 2.20. The summed E-state index contributed by atoms with van der Waals surface area (Å²) in [5, 5.41) is 11.4. The van der Waals surface area contributed by atoms with Crippen LogP contribution in [-0.2, 0) is 4.74 Å². The van der Waals surface area contributed by atoms with Crippen molar-refractivity contribution in [2.45, 2.75) is 0 Å². The molecule has 3 nitrogen and oxygen atoms in total. The van der Waals surface area contributed by atoms with Crippen molar-refractivity contribution in [2.75, 3.05) is 7.11 Å². The van der Waals surface area contributed by atoms with E-state index in [1.54, 1.807) is 18.2 Å². The standard InChI is InChI=1S/C21H15NO2/c1-24-21(23)17-9-4-8-16(14-17)19(12-13-22)20-11-5-7-15-6-2-3-10-18(15)20/h2-12,14H,1H3. The van der Waals surface area contributed by atoms with Gasteiger partial charge >= 0.3 is 5.97 Å². The van der Waals surface area contributed by atoms with Crippen LogP contribution < -0.4 is 0 Å². The molecule has 0 heterocycles. The number of allylic oxidation sites excluding steroid dienone is 1. The fourth-order valence-electron chi connectivity index (χ4n) is 2.77. The van der Waals surface area contributed by atoms with E-state index in [4.69, 9.17) is 4.74 Å². The van der Waals surface area contributed by atoms with Crippen molar-refractivity contribution < 1.29 is 9.53 Å². The predicted octanol–water partition coefficient (Wildman–Crippen LogP) is 4.58. The van der Waals surface area contributed by atoms with Gasteiger partial charge in [-0.05, 0) is 39.6 Å². The number of carbonyl (C=O) groups is 1. The Hall–Kier alpha value is -3.38. The minimum atomic E-state index is -0.397. The highest BCUT2D eigenvalue weighted by molar-refractivity contribution is 5.99. The van der Waals surface area contributed by atoms with E-state index in [-0.39, 0.29) is 0 Å². The number of fused-ring (bicyclic) bond motifs is 1. The molecule has 0 aliphatic heterocycles. The summed E-state index contributed by atoms with van der Waals surface area (Å²) in [6.07, 6.45) is 1.51. The van der Waals surface area contributed by atoms with Crippen LogP contribution in [0.3, 0.4) is 0 Å². The van der Waals surface area contributed by atoms with Crippen molar-refractivity contribution in [3.63, 3.8) is 0 Å². The number of nitriles is 1. The summed E-state index contributed by atoms with van der Waals surface area (Å²) in [5.74, 6) is -0.397. The van der Waals surface area contributed by atoms with E-state index in [0.717, 1.165) is 27.5 Å².